The lowest BCUT2D eigenvalue weighted by molar-refractivity contribution is -0.00455. The lowest BCUT2D eigenvalue weighted by atomic mass is 9.81. The number of ketones is 1. The molecule has 0 atom stereocenters. The summed E-state index contributed by atoms with van der Waals surface area (Å²) in [7, 11) is 0. The third-order valence-corrected chi connectivity index (χ3v) is 3.70. The van der Waals surface area contributed by atoms with E-state index in [2.05, 4.69) is 0 Å². The van der Waals surface area contributed by atoms with Crippen LogP contribution in [0.3, 0.4) is 0 Å². The van der Waals surface area contributed by atoms with Crippen molar-refractivity contribution in [1.29, 1.82) is 0 Å². The van der Waals surface area contributed by atoms with Crippen molar-refractivity contribution in [2.24, 2.45) is 0 Å². The number of carbonyl (C=O) groups excluding carboxylic acids is 1. The summed E-state index contributed by atoms with van der Waals surface area (Å²) in [4.78, 5) is 11.9. The first-order valence-corrected chi connectivity index (χ1v) is 6.50. The second-order valence-corrected chi connectivity index (χ2v) is 5.07. The lowest BCUT2D eigenvalue weighted by Gasteiger charge is -2.31. The maximum absolute atomic E-state index is 11.9. The lowest BCUT2D eigenvalue weighted by Crippen LogP contribution is -2.31. The Balaban J connectivity index is 1.87. The Morgan fingerprint density at radius 1 is 1.12 bits per heavy atom. The monoisotopic (exact) mass is 232 g/mol. The first-order valence-electron chi connectivity index (χ1n) is 6.50. The molecule has 1 aromatic rings. The number of carbonyl (C=O) groups is 1. The fraction of sp³-hybridized carbons (Fsp3) is 0.533. The highest BCUT2D eigenvalue weighted by atomic mass is 16.3. The van der Waals surface area contributed by atoms with Crippen molar-refractivity contribution in [2.75, 3.05) is 0 Å². The van der Waals surface area contributed by atoms with E-state index in [1.807, 2.05) is 30.3 Å². The molecule has 0 unspecified atom stereocenters. The van der Waals surface area contributed by atoms with Crippen molar-refractivity contribution in [3.63, 3.8) is 0 Å². The maximum atomic E-state index is 11.9. The molecule has 17 heavy (non-hydrogen) atoms. The molecule has 0 amide bonds. The predicted octanol–water partition coefficient (Wildman–Crippen LogP) is 3.34. The number of Topliss-reactive ketones (excluding diaryl/α,β-unsaturated/α-hetero) is 1. The average Bonchev–Trinajstić information content (AvgIpc) is 2.38. The largest absolute Gasteiger partial charge is 0.390 e. The Kier molecular flexibility index (Phi) is 3.95. The molecule has 2 heteroatoms. The van der Waals surface area contributed by atoms with Crippen LogP contribution in [0.25, 0.3) is 0 Å². The molecule has 1 saturated carbocycles. The molecule has 92 valence electrons. The Hall–Kier alpha value is -1.15. The summed E-state index contributed by atoms with van der Waals surface area (Å²) in [5, 5.41) is 10.3. The molecule has 1 N–H and O–H groups in total. The maximum Gasteiger partial charge on any atom is 0.162 e. The van der Waals surface area contributed by atoms with Gasteiger partial charge in [-0.15, -0.1) is 0 Å². The summed E-state index contributed by atoms with van der Waals surface area (Å²) in [6, 6.07) is 9.34. The smallest absolute Gasteiger partial charge is 0.162 e. The van der Waals surface area contributed by atoms with Gasteiger partial charge in [0.25, 0.3) is 0 Å². The van der Waals surface area contributed by atoms with Crippen LogP contribution in [-0.2, 0) is 0 Å². The Morgan fingerprint density at radius 3 is 2.41 bits per heavy atom. The Labute approximate surface area is 103 Å². The summed E-state index contributed by atoms with van der Waals surface area (Å²) in [6.45, 7) is 0. The van der Waals surface area contributed by atoms with Crippen LogP contribution in [0.4, 0.5) is 0 Å². The minimum Gasteiger partial charge on any atom is -0.390 e. The molecule has 1 aliphatic carbocycles. The molecule has 0 aromatic heterocycles. The molecule has 2 nitrogen and oxygen atoms in total. The Morgan fingerprint density at radius 2 is 1.76 bits per heavy atom. The number of benzene rings is 1. The number of hydrogen-bond acceptors (Lipinski definition) is 2. The van der Waals surface area contributed by atoms with Crippen LogP contribution in [0.2, 0.25) is 0 Å². The minimum absolute atomic E-state index is 0.143. The molecule has 0 saturated heterocycles. The van der Waals surface area contributed by atoms with E-state index >= 15 is 0 Å². The molecule has 2 rings (SSSR count). The molecular formula is C15H20O2. The molecular weight excluding hydrogens is 212 g/mol. The fourth-order valence-electron chi connectivity index (χ4n) is 2.57. The van der Waals surface area contributed by atoms with E-state index in [0.29, 0.717) is 12.8 Å². The highest BCUT2D eigenvalue weighted by Gasteiger charge is 2.29. The molecule has 0 spiro atoms. The summed E-state index contributed by atoms with van der Waals surface area (Å²) in [6.07, 6.45) is 6.19. The van der Waals surface area contributed by atoms with Crippen molar-refractivity contribution in [3.05, 3.63) is 35.9 Å². The van der Waals surface area contributed by atoms with Crippen LogP contribution in [0.5, 0.6) is 0 Å². The molecule has 0 aliphatic heterocycles. The van der Waals surface area contributed by atoms with Crippen molar-refractivity contribution in [1.82, 2.24) is 0 Å². The van der Waals surface area contributed by atoms with Crippen LogP contribution in [0.15, 0.2) is 30.3 Å². The van der Waals surface area contributed by atoms with Crippen LogP contribution in [0, 0.1) is 0 Å². The van der Waals surface area contributed by atoms with E-state index in [1.165, 1.54) is 6.42 Å². The predicted molar refractivity (Wildman–Crippen MR) is 68.0 cm³/mol. The van der Waals surface area contributed by atoms with Gasteiger partial charge in [0.1, 0.15) is 0 Å². The molecule has 0 heterocycles. The van der Waals surface area contributed by atoms with Gasteiger partial charge in [-0.25, -0.2) is 0 Å². The van der Waals surface area contributed by atoms with Crippen molar-refractivity contribution in [3.8, 4) is 0 Å². The summed E-state index contributed by atoms with van der Waals surface area (Å²) in [5.74, 6) is 0.143. The zero-order valence-corrected chi connectivity index (χ0v) is 10.2. The quantitative estimate of drug-likeness (QED) is 0.808. The number of rotatable bonds is 4. The SMILES string of the molecule is O=C(CCC1(O)CCCCC1)c1ccccc1. The molecule has 1 aromatic carbocycles. The molecule has 0 bridgehead atoms. The van der Waals surface area contributed by atoms with Crippen molar-refractivity contribution in [2.45, 2.75) is 50.5 Å². The first kappa shape index (κ1) is 12.3. The molecule has 1 fully saturated rings. The van der Waals surface area contributed by atoms with Crippen LogP contribution in [-0.4, -0.2) is 16.5 Å². The van der Waals surface area contributed by atoms with Gasteiger partial charge in [-0.3, -0.25) is 4.79 Å². The van der Waals surface area contributed by atoms with Gasteiger partial charge < -0.3 is 5.11 Å². The second kappa shape index (κ2) is 5.46. The van der Waals surface area contributed by atoms with Crippen LogP contribution < -0.4 is 0 Å². The topological polar surface area (TPSA) is 37.3 Å². The molecule has 1 aliphatic rings. The minimum atomic E-state index is -0.581. The van der Waals surface area contributed by atoms with Gasteiger partial charge in [0, 0.05) is 12.0 Å². The van der Waals surface area contributed by atoms with Crippen LogP contribution in [0.1, 0.15) is 55.3 Å². The zero-order valence-electron chi connectivity index (χ0n) is 10.2. The number of aliphatic hydroxyl groups is 1. The summed E-state index contributed by atoms with van der Waals surface area (Å²) >= 11 is 0. The van der Waals surface area contributed by atoms with Gasteiger partial charge in [-0.1, -0.05) is 49.6 Å². The van der Waals surface area contributed by atoms with E-state index in [0.717, 1.165) is 31.2 Å². The fourth-order valence-corrected chi connectivity index (χ4v) is 2.57. The number of hydrogen-bond donors (Lipinski definition) is 1. The van der Waals surface area contributed by atoms with Gasteiger partial charge in [0.05, 0.1) is 5.60 Å². The highest BCUT2D eigenvalue weighted by Crippen LogP contribution is 2.32. The highest BCUT2D eigenvalue weighted by molar-refractivity contribution is 5.95. The van der Waals surface area contributed by atoms with E-state index in [4.69, 9.17) is 0 Å². The van der Waals surface area contributed by atoms with E-state index < -0.39 is 5.60 Å². The van der Waals surface area contributed by atoms with Crippen molar-refractivity contribution < 1.29 is 9.90 Å². The van der Waals surface area contributed by atoms with Gasteiger partial charge in [-0.2, -0.15) is 0 Å². The van der Waals surface area contributed by atoms with E-state index in [1.54, 1.807) is 0 Å². The first-order chi connectivity index (χ1) is 8.20. The summed E-state index contributed by atoms with van der Waals surface area (Å²) < 4.78 is 0. The van der Waals surface area contributed by atoms with Gasteiger partial charge in [0.15, 0.2) is 5.78 Å². The zero-order chi connectivity index (χ0) is 12.1. The van der Waals surface area contributed by atoms with Crippen LogP contribution >= 0.6 is 0 Å². The third-order valence-electron chi connectivity index (χ3n) is 3.70. The van der Waals surface area contributed by atoms with E-state index in [9.17, 15) is 9.90 Å². The van der Waals surface area contributed by atoms with E-state index in [-0.39, 0.29) is 5.78 Å². The van der Waals surface area contributed by atoms with Gasteiger partial charge in [-0.05, 0) is 19.3 Å². The normalized spacial score (nSPS) is 18.9. The molecule has 0 radical (unpaired) electrons. The van der Waals surface area contributed by atoms with Gasteiger partial charge in [0.2, 0.25) is 0 Å². The Bertz CT molecular complexity index is 364. The third kappa shape index (κ3) is 3.40. The average molecular weight is 232 g/mol. The summed E-state index contributed by atoms with van der Waals surface area (Å²) in [5.41, 5.74) is 0.176. The van der Waals surface area contributed by atoms with Gasteiger partial charge >= 0.3 is 0 Å². The second-order valence-electron chi connectivity index (χ2n) is 5.07. The van der Waals surface area contributed by atoms with Crippen molar-refractivity contribution >= 4 is 5.78 Å². The standard InChI is InChI=1S/C15H20O2/c16-14(13-7-3-1-4-8-13)9-12-15(17)10-5-2-6-11-15/h1,3-4,7-8,17H,2,5-6,9-12H2.